The molecule has 1 saturated carbocycles. The molecule has 21 heavy (non-hydrogen) atoms. The van der Waals surface area contributed by atoms with Crippen molar-refractivity contribution in [2.75, 3.05) is 18.5 Å². The standard InChI is InChI=1S/C16H25N3O2/c1-2-21-16(20)13-10-17-15-9-14(18-19(15)11-13)12-7-5-3-4-6-8-12/h9,12-13,17H,2-8,10-11H2,1H3. The molecule has 5 nitrogen and oxygen atoms in total. The van der Waals surface area contributed by atoms with Gasteiger partial charge in [-0.3, -0.25) is 4.79 Å². The monoisotopic (exact) mass is 291 g/mol. The molecule has 0 amide bonds. The van der Waals surface area contributed by atoms with Crippen molar-refractivity contribution in [3.05, 3.63) is 11.8 Å². The number of nitrogens with zero attached hydrogens (tertiary/aromatic N) is 2. The highest BCUT2D eigenvalue weighted by Crippen LogP contribution is 2.33. The van der Waals surface area contributed by atoms with E-state index in [4.69, 9.17) is 9.84 Å². The van der Waals surface area contributed by atoms with Crippen LogP contribution in [0.3, 0.4) is 0 Å². The Bertz CT molecular complexity index is 490. The molecule has 0 radical (unpaired) electrons. The molecule has 2 heterocycles. The summed E-state index contributed by atoms with van der Waals surface area (Å²) in [5, 5.41) is 8.08. The van der Waals surface area contributed by atoms with Gasteiger partial charge in [-0.1, -0.05) is 25.7 Å². The lowest BCUT2D eigenvalue weighted by atomic mass is 9.97. The highest BCUT2D eigenvalue weighted by atomic mass is 16.5. The Labute approximate surface area is 126 Å². The molecule has 1 aliphatic heterocycles. The van der Waals surface area contributed by atoms with Crippen LogP contribution in [0.5, 0.6) is 0 Å². The molecule has 0 saturated heterocycles. The van der Waals surface area contributed by atoms with Crippen LogP contribution in [0.1, 0.15) is 57.1 Å². The molecule has 0 spiro atoms. The van der Waals surface area contributed by atoms with Crippen LogP contribution in [-0.2, 0) is 16.1 Å². The predicted molar refractivity (Wildman–Crippen MR) is 81.3 cm³/mol. The second kappa shape index (κ2) is 6.50. The van der Waals surface area contributed by atoms with E-state index in [2.05, 4.69) is 11.4 Å². The van der Waals surface area contributed by atoms with Gasteiger partial charge in [-0.05, 0) is 19.8 Å². The van der Waals surface area contributed by atoms with Gasteiger partial charge in [-0.15, -0.1) is 0 Å². The Morgan fingerprint density at radius 2 is 2.14 bits per heavy atom. The molecule has 1 fully saturated rings. The normalized spacial score (nSPS) is 23.0. The fourth-order valence-corrected chi connectivity index (χ4v) is 3.41. The number of ether oxygens (including phenoxy) is 1. The van der Waals surface area contributed by atoms with Gasteiger partial charge in [-0.2, -0.15) is 5.10 Å². The van der Waals surface area contributed by atoms with E-state index in [-0.39, 0.29) is 11.9 Å². The van der Waals surface area contributed by atoms with Crippen molar-refractivity contribution >= 4 is 11.8 Å². The van der Waals surface area contributed by atoms with Crippen LogP contribution >= 0.6 is 0 Å². The number of aromatic nitrogens is 2. The van der Waals surface area contributed by atoms with Crippen LogP contribution in [0.4, 0.5) is 5.82 Å². The summed E-state index contributed by atoms with van der Waals surface area (Å²) in [4.78, 5) is 11.9. The number of esters is 1. The SMILES string of the molecule is CCOC(=O)C1CNc2cc(C3CCCCCC3)nn2C1. The second-order valence-electron chi connectivity index (χ2n) is 6.15. The topological polar surface area (TPSA) is 56.1 Å². The molecule has 116 valence electrons. The quantitative estimate of drug-likeness (QED) is 0.687. The van der Waals surface area contributed by atoms with Gasteiger partial charge < -0.3 is 10.1 Å². The molecule has 3 rings (SSSR count). The Morgan fingerprint density at radius 1 is 1.38 bits per heavy atom. The highest BCUT2D eigenvalue weighted by molar-refractivity contribution is 5.73. The molecule has 1 N–H and O–H groups in total. The molecule has 1 aliphatic carbocycles. The zero-order valence-electron chi connectivity index (χ0n) is 12.8. The van der Waals surface area contributed by atoms with Gasteiger partial charge in [0.05, 0.1) is 24.8 Å². The van der Waals surface area contributed by atoms with Crippen molar-refractivity contribution < 1.29 is 9.53 Å². The summed E-state index contributed by atoms with van der Waals surface area (Å²) in [7, 11) is 0. The number of hydrogen-bond donors (Lipinski definition) is 1. The molecule has 0 bridgehead atoms. The van der Waals surface area contributed by atoms with Gasteiger partial charge in [0.15, 0.2) is 0 Å². The van der Waals surface area contributed by atoms with Crippen molar-refractivity contribution in [1.82, 2.24) is 9.78 Å². The van der Waals surface area contributed by atoms with Gasteiger partial charge in [0, 0.05) is 18.5 Å². The highest BCUT2D eigenvalue weighted by Gasteiger charge is 2.28. The fraction of sp³-hybridized carbons (Fsp3) is 0.750. The molecular weight excluding hydrogens is 266 g/mol. The number of anilines is 1. The predicted octanol–water partition coefficient (Wildman–Crippen LogP) is 2.93. The van der Waals surface area contributed by atoms with Crippen LogP contribution in [-0.4, -0.2) is 28.9 Å². The Hall–Kier alpha value is -1.52. The van der Waals surface area contributed by atoms with Crippen LogP contribution in [0, 0.1) is 5.92 Å². The van der Waals surface area contributed by atoms with E-state index in [9.17, 15) is 4.79 Å². The minimum Gasteiger partial charge on any atom is -0.466 e. The lowest BCUT2D eigenvalue weighted by Gasteiger charge is -2.23. The van der Waals surface area contributed by atoms with Crippen molar-refractivity contribution in [2.24, 2.45) is 5.92 Å². The first-order valence-corrected chi connectivity index (χ1v) is 8.26. The first-order valence-electron chi connectivity index (χ1n) is 8.26. The lowest BCUT2D eigenvalue weighted by molar-refractivity contribution is -0.148. The van der Waals surface area contributed by atoms with E-state index in [0.717, 1.165) is 5.82 Å². The molecule has 1 aromatic heterocycles. The fourth-order valence-electron chi connectivity index (χ4n) is 3.41. The Balaban J connectivity index is 1.70. The molecule has 2 aliphatic rings. The summed E-state index contributed by atoms with van der Waals surface area (Å²) in [5.74, 6) is 1.39. The first kappa shape index (κ1) is 14.4. The maximum Gasteiger partial charge on any atom is 0.312 e. The van der Waals surface area contributed by atoms with Crippen LogP contribution in [0.25, 0.3) is 0 Å². The van der Waals surface area contributed by atoms with Gasteiger partial charge >= 0.3 is 5.97 Å². The van der Waals surface area contributed by atoms with E-state index in [1.807, 2.05) is 11.6 Å². The third-order valence-corrected chi connectivity index (χ3v) is 4.62. The van der Waals surface area contributed by atoms with Crippen LogP contribution in [0.15, 0.2) is 6.07 Å². The van der Waals surface area contributed by atoms with E-state index >= 15 is 0 Å². The van der Waals surface area contributed by atoms with Gasteiger partial charge in [0.1, 0.15) is 5.82 Å². The van der Waals surface area contributed by atoms with Crippen molar-refractivity contribution in [2.45, 2.75) is 57.9 Å². The third-order valence-electron chi connectivity index (χ3n) is 4.62. The Kier molecular flexibility index (Phi) is 4.46. The van der Waals surface area contributed by atoms with Crippen molar-refractivity contribution in [1.29, 1.82) is 0 Å². The van der Waals surface area contributed by atoms with Crippen LogP contribution < -0.4 is 5.32 Å². The zero-order valence-corrected chi connectivity index (χ0v) is 12.8. The van der Waals surface area contributed by atoms with Gasteiger partial charge in [-0.25, -0.2) is 4.68 Å². The second-order valence-corrected chi connectivity index (χ2v) is 6.15. The van der Waals surface area contributed by atoms with Crippen molar-refractivity contribution in [3.8, 4) is 0 Å². The molecule has 1 unspecified atom stereocenters. The smallest absolute Gasteiger partial charge is 0.312 e. The largest absolute Gasteiger partial charge is 0.466 e. The summed E-state index contributed by atoms with van der Waals surface area (Å²) in [6.07, 6.45) is 7.83. The maximum atomic E-state index is 11.9. The summed E-state index contributed by atoms with van der Waals surface area (Å²) in [6, 6.07) is 2.18. The van der Waals surface area contributed by atoms with E-state index in [0.29, 0.717) is 25.6 Å². The maximum absolute atomic E-state index is 11.9. The lowest BCUT2D eigenvalue weighted by Crippen LogP contribution is -2.34. The first-order chi connectivity index (χ1) is 10.3. The van der Waals surface area contributed by atoms with Crippen LogP contribution in [0.2, 0.25) is 0 Å². The van der Waals surface area contributed by atoms with E-state index in [1.165, 1.54) is 44.2 Å². The number of nitrogens with one attached hydrogen (secondary N) is 1. The molecule has 1 atom stereocenters. The summed E-state index contributed by atoms with van der Waals surface area (Å²) >= 11 is 0. The average molecular weight is 291 g/mol. The minimum absolute atomic E-state index is 0.123. The summed E-state index contributed by atoms with van der Waals surface area (Å²) < 4.78 is 7.07. The van der Waals surface area contributed by atoms with Gasteiger partial charge in [0.25, 0.3) is 0 Å². The summed E-state index contributed by atoms with van der Waals surface area (Å²) in [5.41, 5.74) is 1.20. The Morgan fingerprint density at radius 3 is 2.86 bits per heavy atom. The average Bonchev–Trinajstić information content (AvgIpc) is 2.72. The number of carbonyl (C=O) groups is 1. The molecular formula is C16H25N3O2. The molecule has 0 aromatic carbocycles. The minimum atomic E-state index is -0.126. The number of fused-ring (bicyclic) bond motifs is 1. The van der Waals surface area contributed by atoms with Crippen molar-refractivity contribution in [3.63, 3.8) is 0 Å². The third kappa shape index (κ3) is 3.22. The van der Waals surface area contributed by atoms with Gasteiger partial charge in [0.2, 0.25) is 0 Å². The summed E-state index contributed by atoms with van der Waals surface area (Å²) in [6.45, 7) is 3.56. The zero-order chi connectivity index (χ0) is 14.7. The number of rotatable bonds is 3. The number of hydrogen-bond acceptors (Lipinski definition) is 4. The molecule has 5 heteroatoms. The number of carbonyl (C=O) groups excluding carboxylic acids is 1. The van der Waals surface area contributed by atoms with E-state index in [1.54, 1.807) is 0 Å². The van der Waals surface area contributed by atoms with E-state index < -0.39 is 0 Å². The molecule has 1 aromatic rings.